The van der Waals surface area contributed by atoms with E-state index in [2.05, 4.69) is 21.2 Å². The maximum absolute atomic E-state index is 12.4. The van der Waals surface area contributed by atoms with Crippen molar-refractivity contribution in [2.75, 3.05) is 7.11 Å². The number of ether oxygens (including phenoxy) is 1. The number of carbonyl (C=O) groups excluding carboxylic acids is 1. The zero-order chi connectivity index (χ0) is 17.8. The van der Waals surface area contributed by atoms with Gasteiger partial charge in [0.1, 0.15) is 11.8 Å². The lowest BCUT2D eigenvalue weighted by atomic mass is 10.0. The van der Waals surface area contributed by atoms with Gasteiger partial charge >= 0.3 is 0 Å². The Morgan fingerprint density at radius 1 is 1.28 bits per heavy atom. The number of amides is 1. The molecule has 1 amide bonds. The van der Waals surface area contributed by atoms with E-state index in [1.807, 2.05) is 50.4 Å². The largest absolute Gasteiger partial charge is 0.497 e. The Kier molecular flexibility index (Phi) is 5.31. The molecule has 2 unspecified atom stereocenters. The van der Waals surface area contributed by atoms with Crippen molar-refractivity contribution in [2.24, 2.45) is 0 Å². The monoisotopic (exact) mass is 340 g/mol. The highest BCUT2D eigenvalue weighted by Crippen LogP contribution is 2.24. The first-order valence-electron chi connectivity index (χ1n) is 8.41. The topological polar surface area (TPSA) is 75.3 Å². The Morgan fingerprint density at radius 2 is 2.04 bits per heavy atom. The molecule has 6 nitrogen and oxygen atoms in total. The number of hydrogen-bond donors (Lipinski definition) is 3. The lowest BCUT2D eigenvalue weighted by Gasteiger charge is -2.12. The van der Waals surface area contributed by atoms with Crippen LogP contribution in [0, 0.1) is 13.8 Å². The molecule has 0 radical (unpaired) electrons. The second kappa shape index (κ2) is 7.63. The van der Waals surface area contributed by atoms with Gasteiger partial charge in [0.15, 0.2) is 0 Å². The van der Waals surface area contributed by atoms with Crippen LogP contribution in [0.4, 0.5) is 0 Å². The van der Waals surface area contributed by atoms with Crippen LogP contribution in [0.5, 0.6) is 5.75 Å². The first-order chi connectivity index (χ1) is 12.1. The molecule has 1 fully saturated rings. The van der Waals surface area contributed by atoms with E-state index in [0.717, 1.165) is 28.1 Å². The number of pyridine rings is 1. The van der Waals surface area contributed by atoms with Crippen LogP contribution in [0.2, 0.25) is 0 Å². The molecule has 1 aliphatic heterocycles. The second-order valence-corrected chi connectivity index (χ2v) is 6.37. The van der Waals surface area contributed by atoms with E-state index in [9.17, 15) is 4.79 Å². The van der Waals surface area contributed by atoms with E-state index in [-0.39, 0.29) is 18.0 Å². The standard InChI is InChI=1S/C19H24N4O2/c1-12-8-13(2)20-10-15(12)11-21-19(24)18-9-17(22-23-18)14-4-6-16(25-3)7-5-14/h4-8,10,17-18,22-23H,9,11H2,1-3H3,(H,21,24). The third kappa shape index (κ3) is 4.15. The summed E-state index contributed by atoms with van der Waals surface area (Å²) < 4.78 is 5.18. The molecule has 0 spiro atoms. The normalized spacial score (nSPS) is 19.6. The molecule has 2 atom stereocenters. The van der Waals surface area contributed by atoms with Crippen molar-refractivity contribution < 1.29 is 9.53 Å². The molecule has 0 bridgehead atoms. The molecule has 1 saturated heterocycles. The maximum atomic E-state index is 12.4. The van der Waals surface area contributed by atoms with Crippen LogP contribution >= 0.6 is 0 Å². The van der Waals surface area contributed by atoms with E-state index in [1.165, 1.54) is 0 Å². The molecule has 132 valence electrons. The van der Waals surface area contributed by atoms with Crippen molar-refractivity contribution in [3.05, 3.63) is 58.9 Å². The number of aromatic nitrogens is 1. The van der Waals surface area contributed by atoms with Crippen LogP contribution in [0.15, 0.2) is 36.5 Å². The van der Waals surface area contributed by atoms with Crippen molar-refractivity contribution in [1.29, 1.82) is 0 Å². The second-order valence-electron chi connectivity index (χ2n) is 6.37. The number of hydrogen-bond acceptors (Lipinski definition) is 5. The van der Waals surface area contributed by atoms with Crippen molar-refractivity contribution in [2.45, 2.75) is 38.9 Å². The van der Waals surface area contributed by atoms with Gasteiger partial charge in [0.05, 0.1) is 7.11 Å². The van der Waals surface area contributed by atoms with E-state index in [0.29, 0.717) is 13.0 Å². The van der Waals surface area contributed by atoms with E-state index < -0.39 is 0 Å². The molecule has 3 N–H and O–H groups in total. The molecule has 1 aliphatic rings. The number of benzene rings is 1. The SMILES string of the molecule is COc1ccc(C2CC(C(=O)NCc3cnc(C)cc3C)NN2)cc1. The highest BCUT2D eigenvalue weighted by atomic mass is 16.5. The summed E-state index contributed by atoms with van der Waals surface area (Å²) >= 11 is 0. The molecular weight excluding hydrogens is 316 g/mol. The molecule has 0 saturated carbocycles. The molecule has 0 aliphatic carbocycles. The highest BCUT2D eigenvalue weighted by Gasteiger charge is 2.29. The van der Waals surface area contributed by atoms with Crippen LogP contribution in [-0.2, 0) is 11.3 Å². The van der Waals surface area contributed by atoms with Crippen LogP contribution in [-0.4, -0.2) is 24.0 Å². The predicted octanol–water partition coefficient (Wildman–Crippen LogP) is 1.93. The number of rotatable bonds is 5. The summed E-state index contributed by atoms with van der Waals surface area (Å²) in [4.78, 5) is 16.7. The van der Waals surface area contributed by atoms with E-state index in [1.54, 1.807) is 7.11 Å². The van der Waals surface area contributed by atoms with Crippen molar-refractivity contribution in [3.8, 4) is 5.75 Å². The third-order valence-electron chi connectivity index (χ3n) is 4.55. The summed E-state index contributed by atoms with van der Waals surface area (Å²) in [6, 6.07) is 9.75. The van der Waals surface area contributed by atoms with Gasteiger partial charge in [-0.2, -0.15) is 0 Å². The minimum atomic E-state index is -0.259. The van der Waals surface area contributed by atoms with Gasteiger partial charge in [-0.3, -0.25) is 9.78 Å². The van der Waals surface area contributed by atoms with Crippen molar-refractivity contribution in [3.63, 3.8) is 0 Å². The van der Waals surface area contributed by atoms with Gasteiger partial charge in [0.25, 0.3) is 0 Å². The fourth-order valence-electron chi connectivity index (χ4n) is 3.00. The van der Waals surface area contributed by atoms with Crippen LogP contribution < -0.4 is 20.9 Å². The van der Waals surface area contributed by atoms with Gasteiger partial charge in [-0.15, -0.1) is 0 Å². The fourth-order valence-corrected chi connectivity index (χ4v) is 3.00. The zero-order valence-electron chi connectivity index (χ0n) is 14.8. The third-order valence-corrected chi connectivity index (χ3v) is 4.55. The minimum Gasteiger partial charge on any atom is -0.497 e. The minimum absolute atomic E-state index is 0.0107. The fraction of sp³-hybridized carbons (Fsp3) is 0.368. The molecule has 2 heterocycles. The van der Waals surface area contributed by atoms with Gasteiger partial charge in [-0.05, 0) is 55.2 Å². The van der Waals surface area contributed by atoms with Crippen molar-refractivity contribution >= 4 is 5.91 Å². The Morgan fingerprint density at radius 3 is 2.72 bits per heavy atom. The van der Waals surface area contributed by atoms with Crippen molar-refractivity contribution in [1.82, 2.24) is 21.2 Å². The molecule has 3 rings (SSSR count). The quantitative estimate of drug-likeness (QED) is 0.775. The summed E-state index contributed by atoms with van der Waals surface area (Å²) in [5, 5.41) is 2.99. The first kappa shape index (κ1) is 17.4. The molecule has 6 heteroatoms. The predicted molar refractivity (Wildman–Crippen MR) is 96.0 cm³/mol. The number of hydrazine groups is 1. The number of methoxy groups -OCH3 is 1. The summed E-state index contributed by atoms with van der Waals surface area (Å²) in [6.45, 7) is 4.48. The van der Waals surface area contributed by atoms with Gasteiger partial charge in [-0.1, -0.05) is 12.1 Å². The smallest absolute Gasteiger partial charge is 0.238 e. The Balaban J connectivity index is 1.55. The molecule has 1 aromatic carbocycles. The van der Waals surface area contributed by atoms with Gasteiger partial charge in [-0.25, -0.2) is 10.9 Å². The lowest BCUT2D eigenvalue weighted by molar-refractivity contribution is -0.123. The summed E-state index contributed by atoms with van der Waals surface area (Å²) in [5.41, 5.74) is 10.6. The first-order valence-corrected chi connectivity index (χ1v) is 8.41. The summed E-state index contributed by atoms with van der Waals surface area (Å²) in [6.07, 6.45) is 2.52. The van der Waals surface area contributed by atoms with Crippen LogP contribution in [0.1, 0.15) is 34.8 Å². The van der Waals surface area contributed by atoms with Crippen LogP contribution in [0.25, 0.3) is 0 Å². The van der Waals surface area contributed by atoms with Gasteiger partial charge in [0, 0.05) is 24.5 Å². The Bertz CT molecular complexity index is 746. The van der Waals surface area contributed by atoms with Crippen LogP contribution in [0.3, 0.4) is 0 Å². The highest BCUT2D eigenvalue weighted by molar-refractivity contribution is 5.82. The number of nitrogens with one attached hydrogen (secondary N) is 3. The maximum Gasteiger partial charge on any atom is 0.238 e. The molecule has 25 heavy (non-hydrogen) atoms. The summed E-state index contributed by atoms with van der Waals surface area (Å²) in [5.74, 6) is 0.814. The molecular formula is C19H24N4O2. The van der Waals surface area contributed by atoms with E-state index >= 15 is 0 Å². The molecule has 1 aromatic heterocycles. The summed E-state index contributed by atoms with van der Waals surface area (Å²) in [7, 11) is 1.65. The number of nitrogens with zero attached hydrogens (tertiary/aromatic N) is 1. The number of carbonyl (C=O) groups is 1. The Labute approximate surface area is 148 Å². The zero-order valence-corrected chi connectivity index (χ0v) is 14.8. The van der Waals surface area contributed by atoms with Gasteiger partial charge < -0.3 is 10.1 Å². The number of aryl methyl sites for hydroxylation is 2. The molecule has 2 aromatic rings. The lowest BCUT2D eigenvalue weighted by Crippen LogP contribution is -2.42. The van der Waals surface area contributed by atoms with E-state index in [4.69, 9.17) is 4.74 Å². The van der Waals surface area contributed by atoms with Gasteiger partial charge in [0.2, 0.25) is 5.91 Å². The average molecular weight is 340 g/mol. The Hall–Kier alpha value is -2.44. The average Bonchev–Trinajstić information content (AvgIpc) is 3.11.